The zero-order valence-corrected chi connectivity index (χ0v) is 16.2. The summed E-state index contributed by atoms with van der Waals surface area (Å²) in [6.07, 6.45) is 4.52. The molecule has 0 amide bonds. The summed E-state index contributed by atoms with van der Waals surface area (Å²) in [5, 5.41) is 0. The van der Waals surface area contributed by atoms with Crippen LogP contribution in [0.4, 0.5) is 0 Å². The summed E-state index contributed by atoms with van der Waals surface area (Å²) in [5.41, 5.74) is 16.5. The highest BCUT2D eigenvalue weighted by molar-refractivity contribution is 5.78. The topological polar surface area (TPSA) is 12.9 Å². The number of benzene rings is 2. The van der Waals surface area contributed by atoms with Gasteiger partial charge >= 0.3 is 0 Å². The Morgan fingerprint density at radius 3 is 1.50 bits per heavy atom. The maximum atomic E-state index is 5.30. The van der Waals surface area contributed by atoms with Crippen LogP contribution in [0, 0.1) is 27.7 Å². The lowest BCUT2D eigenvalue weighted by atomic mass is 9.81. The molecule has 26 heavy (non-hydrogen) atoms. The third-order valence-electron chi connectivity index (χ3n) is 6.21. The van der Waals surface area contributed by atoms with Crippen LogP contribution in [-0.2, 0) is 25.7 Å². The van der Waals surface area contributed by atoms with E-state index in [-0.39, 0.29) is 0 Å². The largest absolute Gasteiger partial charge is 0.247 e. The van der Waals surface area contributed by atoms with Crippen molar-refractivity contribution in [3.8, 4) is 22.5 Å². The van der Waals surface area contributed by atoms with Gasteiger partial charge in [0.1, 0.15) is 0 Å². The molecular formula is C25H25N. The van der Waals surface area contributed by atoms with Crippen LogP contribution in [0.25, 0.3) is 22.5 Å². The van der Waals surface area contributed by atoms with E-state index in [0.717, 1.165) is 25.7 Å². The fraction of sp³-hybridized carbons (Fsp3) is 0.320. The zero-order chi connectivity index (χ0) is 18.0. The second-order valence-electron chi connectivity index (χ2n) is 8.22. The van der Waals surface area contributed by atoms with Crippen LogP contribution in [0.2, 0.25) is 0 Å². The molecule has 2 aliphatic carbocycles. The minimum absolute atomic E-state index is 1.12. The molecule has 0 unspecified atom stereocenters. The summed E-state index contributed by atoms with van der Waals surface area (Å²) in [6, 6.07) is 11.8. The van der Waals surface area contributed by atoms with E-state index in [9.17, 15) is 0 Å². The van der Waals surface area contributed by atoms with Crippen LogP contribution in [-0.4, -0.2) is 4.98 Å². The fourth-order valence-electron chi connectivity index (χ4n) is 5.05. The standard InChI is InChI=1S/C25H25N/c1-14-9-16(3)20-7-5-18-13-19-6-8-21-17(4)10-15(2)12-23(21)25(19)26-24(18)22(20)11-14/h9-13H,5-8H2,1-4H3. The van der Waals surface area contributed by atoms with E-state index in [0.29, 0.717) is 0 Å². The van der Waals surface area contributed by atoms with E-state index in [2.05, 4.69) is 58.0 Å². The van der Waals surface area contributed by atoms with E-state index in [1.165, 1.54) is 67.0 Å². The Hall–Kier alpha value is -2.41. The van der Waals surface area contributed by atoms with Crippen LogP contribution < -0.4 is 0 Å². The lowest BCUT2D eigenvalue weighted by Crippen LogP contribution is -2.13. The van der Waals surface area contributed by atoms with Gasteiger partial charge in [0.15, 0.2) is 0 Å². The Balaban J connectivity index is 1.79. The van der Waals surface area contributed by atoms with Crippen molar-refractivity contribution in [1.29, 1.82) is 0 Å². The molecule has 1 aromatic heterocycles. The maximum absolute atomic E-state index is 5.30. The summed E-state index contributed by atoms with van der Waals surface area (Å²) in [6.45, 7) is 8.89. The predicted molar refractivity (Wildman–Crippen MR) is 109 cm³/mol. The molecule has 0 spiro atoms. The molecule has 5 rings (SSSR count). The first kappa shape index (κ1) is 15.8. The van der Waals surface area contributed by atoms with E-state index < -0.39 is 0 Å². The maximum Gasteiger partial charge on any atom is 0.0744 e. The van der Waals surface area contributed by atoms with Crippen LogP contribution in [0.1, 0.15) is 44.5 Å². The van der Waals surface area contributed by atoms with Gasteiger partial charge in [0, 0.05) is 11.1 Å². The lowest BCUT2D eigenvalue weighted by molar-refractivity contribution is 0.879. The van der Waals surface area contributed by atoms with Gasteiger partial charge in [-0.1, -0.05) is 29.3 Å². The molecule has 0 saturated carbocycles. The molecule has 0 atom stereocenters. The van der Waals surface area contributed by atoms with Gasteiger partial charge in [-0.25, -0.2) is 4.98 Å². The highest BCUT2D eigenvalue weighted by Crippen LogP contribution is 2.41. The molecule has 0 fully saturated rings. The Morgan fingerprint density at radius 1 is 0.577 bits per heavy atom. The first-order chi connectivity index (χ1) is 12.5. The van der Waals surface area contributed by atoms with Crippen molar-refractivity contribution in [3.63, 3.8) is 0 Å². The number of aromatic nitrogens is 1. The van der Waals surface area contributed by atoms with Gasteiger partial charge in [0.2, 0.25) is 0 Å². The van der Waals surface area contributed by atoms with Crippen molar-refractivity contribution in [3.05, 3.63) is 74.8 Å². The number of fused-ring (bicyclic) bond motifs is 6. The second-order valence-corrected chi connectivity index (χ2v) is 8.22. The van der Waals surface area contributed by atoms with Crippen LogP contribution in [0.15, 0.2) is 30.3 Å². The van der Waals surface area contributed by atoms with Crippen LogP contribution >= 0.6 is 0 Å². The molecule has 0 N–H and O–H groups in total. The number of nitrogens with zero attached hydrogens (tertiary/aromatic N) is 1. The van der Waals surface area contributed by atoms with Crippen molar-refractivity contribution in [2.75, 3.05) is 0 Å². The number of aryl methyl sites for hydroxylation is 6. The van der Waals surface area contributed by atoms with Gasteiger partial charge in [-0.2, -0.15) is 0 Å². The van der Waals surface area contributed by atoms with Gasteiger partial charge in [-0.15, -0.1) is 0 Å². The molecule has 2 aliphatic rings. The zero-order valence-electron chi connectivity index (χ0n) is 16.2. The molecule has 0 radical (unpaired) electrons. The van der Waals surface area contributed by atoms with Crippen molar-refractivity contribution in [2.45, 2.75) is 53.4 Å². The van der Waals surface area contributed by atoms with E-state index in [1.807, 2.05) is 0 Å². The molecule has 0 saturated heterocycles. The second kappa shape index (κ2) is 5.54. The fourth-order valence-corrected chi connectivity index (χ4v) is 5.05. The van der Waals surface area contributed by atoms with E-state index in [1.54, 1.807) is 0 Å². The van der Waals surface area contributed by atoms with Gasteiger partial charge < -0.3 is 0 Å². The molecule has 1 heteroatoms. The minimum Gasteiger partial charge on any atom is -0.247 e. The number of pyridine rings is 1. The van der Waals surface area contributed by atoms with Gasteiger partial charge in [-0.3, -0.25) is 0 Å². The first-order valence-corrected chi connectivity index (χ1v) is 9.75. The third kappa shape index (κ3) is 2.26. The molecule has 130 valence electrons. The molecule has 0 bridgehead atoms. The van der Waals surface area contributed by atoms with Gasteiger partial charge in [-0.05, 0) is 98.9 Å². The molecular weight excluding hydrogens is 314 g/mol. The Kier molecular flexibility index (Phi) is 3.37. The lowest BCUT2D eigenvalue weighted by Gasteiger charge is -2.27. The normalized spacial score (nSPS) is 14.3. The Labute approximate surface area is 156 Å². The first-order valence-electron chi connectivity index (χ1n) is 9.75. The average Bonchev–Trinajstić information content (AvgIpc) is 2.59. The molecule has 2 aromatic carbocycles. The smallest absolute Gasteiger partial charge is 0.0744 e. The number of hydrogen-bond donors (Lipinski definition) is 0. The summed E-state index contributed by atoms with van der Waals surface area (Å²) in [4.78, 5) is 5.30. The Morgan fingerprint density at radius 2 is 1.04 bits per heavy atom. The third-order valence-corrected chi connectivity index (χ3v) is 6.21. The monoisotopic (exact) mass is 339 g/mol. The SMILES string of the molecule is Cc1cc(C)c2c(c1)-c1nc3c(cc1CC2)CCc1c(C)cc(C)cc1-3. The summed E-state index contributed by atoms with van der Waals surface area (Å²) in [7, 11) is 0. The van der Waals surface area contributed by atoms with Crippen LogP contribution in [0.5, 0.6) is 0 Å². The minimum atomic E-state index is 1.12. The van der Waals surface area contributed by atoms with Crippen molar-refractivity contribution >= 4 is 0 Å². The quantitative estimate of drug-likeness (QED) is 0.501. The summed E-state index contributed by atoms with van der Waals surface area (Å²) >= 11 is 0. The van der Waals surface area contributed by atoms with Gasteiger partial charge in [0.25, 0.3) is 0 Å². The van der Waals surface area contributed by atoms with Crippen LogP contribution in [0.3, 0.4) is 0 Å². The van der Waals surface area contributed by atoms with E-state index in [4.69, 9.17) is 4.98 Å². The van der Waals surface area contributed by atoms with Crippen molar-refractivity contribution in [2.24, 2.45) is 0 Å². The highest BCUT2D eigenvalue weighted by Gasteiger charge is 2.25. The molecule has 1 nitrogen and oxygen atoms in total. The molecule has 3 aromatic rings. The highest BCUT2D eigenvalue weighted by atomic mass is 14.7. The van der Waals surface area contributed by atoms with Crippen molar-refractivity contribution < 1.29 is 0 Å². The van der Waals surface area contributed by atoms with Crippen molar-refractivity contribution in [1.82, 2.24) is 4.98 Å². The number of rotatable bonds is 0. The van der Waals surface area contributed by atoms with Gasteiger partial charge in [0.05, 0.1) is 11.4 Å². The summed E-state index contributed by atoms with van der Waals surface area (Å²) in [5.74, 6) is 0. The summed E-state index contributed by atoms with van der Waals surface area (Å²) < 4.78 is 0. The van der Waals surface area contributed by atoms with E-state index >= 15 is 0 Å². The molecule has 1 heterocycles. The predicted octanol–water partition coefficient (Wildman–Crippen LogP) is 5.85. The average molecular weight is 339 g/mol. The molecule has 0 aliphatic heterocycles. The number of hydrogen-bond acceptors (Lipinski definition) is 1. The Bertz CT molecular complexity index is 989.